The molecule has 0 aliphatic rings. The number of rotatable bonds is 3. The van der Waals surface area contributed by atoms with Crippen LogP contribution in [0.1, 0.15) is 5.56 Å². The van der Waals surface area contributed by atoms with Gasteiger partial charge in [-0.15, -0.1) is 0 Å². The Morgan fingerprint density at radius 1 is 1.47 bits per heavy atom. The molecule has 0 amide bonds. The first kappa shape index (κ1) is 10.2. The van der Waals surface area contributed by atoms with Gasteiger partial charge in [0, 0.05) is 29.4 Å². The van der Waals surface area contributed by atoms with E-state index < -0.39 is 0 Å². The SMILES string of the molecule is NCc1c(F)cccc1Sc1ncc[nH]1. The number of imidazole rings is 1. The van der Waals surface area contributed by atoms with E-state index in [2.05, 4.69) is 9.97 Å². The summed E-state index contributed by atoms with van der Waals surface area (Å²) in [7, 11) is 0. The van der Waals surface area contributed by atoms with Crippen LogP contribution in [0.4, 0.5) is 4.39 Å². The Morgan fingerprint density at radius 2 is 2.33 bits per heavy atom. The fourth-order valence-corrected chi connectivity index (χ4v) is 2.14. The number of aromatic nitrogens is 2. The fourth-order valence-electron chi connectivity index (χ4n) is 1.24. The molecule has 2 aromatic rings. The van der Waals surface area contributed by atoms with E-state index in [1.165, 1.54) is 17.8 Å². The molecule has 1 heterocycles. The Balaban J connectivity index is 2.32. The molecule has 0 aliphatic heterocycles. The van der Waals surface area contributed by atoms with E-state index in [4.69, 9.17) is 5.73 Å². The first-order valence-electron chi connectivity index (χ1n) is 4.46. The van der Waals surface area contributed by atoms with Gasteiger partial charge in [0.1, 0.15) is 5.82 Å². The minimum absolute atomic E-state index is 0.190. The van der Waals surface area contributed by atoms with Crippen molar-refractivity contribution in [2.75, 3.05) is 0 Å². The quantitative estimate of drug-likeness (QED) is 0.838. The lowest BCUT2D eigenvalue weighted by atomic mass is 10.2. The smallest absolute Gasteiger partial charge is 0.170 e. The van der Waals surface area contributed by atoms with Crippen LogP contribution in [0.3, 0.4) is 0 Å². The van der Waals surface area contributed by atoms with Crippen molar-refractivity contribution in [2.24, 2.45) is 5.73 Å². The third-order valence-electron chi connectivity index (χ3n) is 1.96. The highest BCUT2D eigenvalue weighted by Gasteiger charge is 2.08. The summed E-state index contributed by atoms with van der Waals surface area (Å²) in [6.07, 6.45) is 3.38. The molecule has 0 unspecified atom stereocenters. The van der Waals surface area contributed by atoms with Crippen LogP contribution in [0.2, 0.25) is 0 Å². The number of hydrogen-bond donors (Lipinski definition) is 2. The number of nitrogens with two attached hydrogens (primary N) is 1. The highest BCUT2D eigenvalue weighted by atomic mass is 32.2. The molecule has 1 aromatic carbocycles. The first-order valence-corrected chi connectivity index (χ1v) is 5.27. The fraction of sp³-hybridized carbons (Fsp3) is 0.100. The lowest BCUT2D eigenvalue weighted by Crippen LogP contribution is -2.01. The van der Waals surface area contributed by atoms with Crippen molar-refractivity contribution in [1.82, 2.24) is 9.97 Å². The van der Waals surface area contributed by atoms with Gasteiger partial charge in [-0.05, 0) is 12.1 Å². The largest absolute Gasteiger partial charge is 0.339 e. The summed E-state index contributed by atoms with van der Waals surface area (Å²) >= 11 is 1.37. The van der Waals surface area contributed by atoms with Gasteiger partial charge < -0.3 is 10.7 Å². The Bertz CT molecular complexity index is 442. The zero-order chi connectivity index (χ0) is 10.7. The number of aromatic amines is 1. The molecule has 0 bridgehead atoms. The van der Waals surface area contributed by atoms with Crippen molar-refractivity contribution in [3.05, 3.63) is 42.0 Å². The summed E-state index contributed by atoms with van der Waals surface area (Å²) in [6.45, 7) is 0.190. The summed E-state index contributed by atoms with van der Waals surface area (Å²) in [5.41, 5.74) is 6.02. The van der Waals surface area contributed by atoms with Crippen LogP contribution >= 0.6 is 11.8 Å². The number of H-pyrrole nitrogens is 1. The predicted molar refractivity (Wildman–Crippen MR) is 57.0 cm³/mol. The molecule has 0 aliphatic carbocycles. The highest BCUT2D eigenvalue weighted by Crippen LogP contribution is 2.28. The van der Waals surface area contributed by atoms with E-state index in [0.717, 1.165) is 10.1 Å². The minimum atomic E-state index is -0.269. The van der Waals surface area contributed by atoms with E-state index >= 15 is 0 Å². The lowest BCUT2D eigenvalue weighted by molar-refractivity contribution is 0.604. The van der Waals surface area contributed by atoms with Gasteiger partial charge >= 0.3 is 0 Å². The van der Waals surface area contributed by atoms with E-state index in [1.54, 1.807) is 18.5 Å². The molecule has 78 valence electrons. The van der Waals surface area contributed by atoms with E-state index in [1.807, 2.05) is 6.07 Å². The predicted octanol–water partition coefficient (Wildman–Crippen LogP) is 2.16. The molecule has 15 heavy (non-hydrogen) atoms. The molecule has 0 radical (unpaired) electrons. The number of halogens is 1. The van der Waals surface area contributed by atoms with Gasteiger partial charge in [0.15, 0.2) is 5.16 Å². The number of hydrogen-bond acceptors (Lipinski definition) is 3. The zero-order valence-corrected chi connectivity index (χ0v) is 8.72. The molecule has 0 atom stereocenters. The number of nitrogens with one attached hydrogen (secondary N) is 1. The Labute approximate surface area is 90.9 Å². The first-order chi connectivity index (χ1) is 7.31. The molecule has 1 aromatic heterocycles. The molecule has 3 N–H and O–H groups in total. The molecule has 0 saturated heterocycles. The average Bonchev–Trinajstić information content (AvgIpc) is 2.71. The van der Waals surface area contributed by atoms with Crippen molar-refractivity contribution in [2.45, 2.75) is 16.6 Å². The van der Waals surface area contributed by atoms with Crippen LogP contribution in [0.25, 0.3) is 0 Å². The average molecular weight is 223 g/mol. The number of nitrogens with zero attached hydrogens (tertiary/aromatic N) is 1. The van der Waals surface area contributed by atoms with Gasteiger partial charge in [0.05, 0.1) is 0 Å². The Hall–Kier alpha value is -1.33. The summed E-state index contributed by atoms with van der Waals surface area (Å²) in [4.78, 5) is 7.80. The molecule has 5 heteroatoms. The van der Waals surface area contributed by atoms with Gasteiger partial charge in [-0.25, -0.2) is 9.37 Å². The van der Waals surface area contributed by atoms with Gasteiger partial charge in [0.2, 0.25) is 0 Å². The third-order valence-corrected chi connectivity index (χ3v) is 2.98. The maximum absolute atomic E-state index is 13.4. The molecule has 0 saturated carbocycles. The van der Waals surface area contributed by atoms with E-state index in [-0.39, 0.29) is 12.4 Å². The summed E-state index contributed by atoms with van der Waals surface area (Å²) < 4.78 is 13.4. The van der Waals surface area contributed by atoms with Crippen LogP contribution in [-0.4, -0.2) is 9.97 Å². The summed E-state index contributed by atoms with van der Waals surface area (Å²) in [6, 6.07) is 4.91. The topological polar surface area (TPSA) is 54.7 Å². The van der Waals surface area contributed by atoms with Crippen molar-refractivity contribution < 1.29 is 4.39 Å². The maximum atomic E-state index is 13.4. The second kappa shape index (κ2) is 4.46. The minimum Gasteiger partial charge on any atom is -0.339 e. The van der Waals surface area contributed by atoms with Crippen molar-refractivity contribution in [3.63, 3.8) is 0 Å². The van der Waals surface area contributed by atoms with Crippen molar-refractivity contribution in [1.29, 1.82) is 0 Å². The van der Waals surface area contributed by atoms with Gasteiger partial charge in [-0.2, -0.15) is 0 Å². The van der Waals surface area contributed by atoms with Crippen LogP contribution in [0, 0.1) is 5.82 Å². The Kier molecular flexibility index (Phi) is 3.03. The van der Waals surface area contributed by atoms with Crippen LogP contribution < -0.4 is 5.73 Å². The molecule has 0 fully saturated rings. The van der Waals surface area contributed by atoms with Crippen LogP contribution in [0.15, 0.2) is 40.6 Å². The van der Waals surface area contributed by atoms with Gasteiger partial charge in [-0.1, -0.05) is 17.8 Å². The van der Waals surface area contributed by atoms with Crippen molar-refractivity contribution in [3.8, 4) is 0 Å². The molecule has 2 rings (SSSR count). The molecular weight excluding hydrogens is 213 g/mol. The zero-order valence-electron chi connectivity index (χ0n) is 7.90. The van der Waals surface area contributed by atoms with Crippen molar-refractivity contribution >= 4 is 11.8 Å². The summed E-state index contributed by atoms with van der Waals surface area (Å²) in [5.74, 6) is -0.269. The molecule has 3 nitrogen and oxygen atoms in total. The van der Waals surface area contributed by atoms with Crippen LogP contribution in [0.5, 0.6) is 0 Å². The third kappa shape index (κ3) is 2.19. The monoisotopic (exact) mass is 223 g/mol. The normalized spacial score (nSPS) is 10.5. The Morgan fingerprint density at radius 3 is 3.00 bits per heavy atom. The van der Waals surface area contributed by atoms with Gasteiger partial charge in [0.25, 0.3) is 0 Å². The standard InChI is InChI=1S/C10H10FN3S/c11-8-2-1-3-9(7(8)6-12)15-10-13-4-5-14-10/h1-5H,6,12H2,(H,13,14). The second-order valence-electron chi connectivity index (χ2n) is 2.92. The second-order valence-corrected chi connectivity index (χ2v) is 3.95. The molecule has 0 spiro atoms. The summed E-state index contributed by atoms with van der Waals surface area (Å²) in [5, 5.41) is 0.732. The molecular formula is C10H10FN3S. The maximum Gasteiger partial charge on any atom is 0.170 e. The lowest BCUT2D eigenvalue weighted by Gasteiger charge is -2.06. The number of benzene rings is 1. The van der Waals surface area contributed by atoms with E-state index in [9.17, 15) is 4.39 Å². The van der Waals surface area contributed by atoms with E-state index in [0.29, 0.717) is 5.56 Å². The van der Waals surface area contributed by atoms with Crippen LogP contribution in [-0.2, 0) is 6.54 Å². The highest BCUT2D eigenvalue weighted by molar-refractivity contribution is 7.99. The van der Waals surface area contributed by atoms with Gasteiger partial charge in [-0.3, -0.25) is 0 Å².